The summed E-state index contributed by atoms with van der Waals surface area (Å²) in [5, 5.41) is 68.6. The molecule has 0 aliphatic heterocycles. The Morgan fingerprint density at radius 1 is 0.622 bits per heavy atom. The molecular weight excluding hydrogens is 510 g/mol. The van der Waals surface area contributed by atoms with Gasteiger partial charge in [-0.2, -0.15) is 0 Å². The van der Waals surface area contributed by atoms with Crippen molar-refractivity contribution in [2.75, 3.05) is 0 Å². The molecule has 0 unspecified atom stereocenters. The fourth-order valence-corrected chi connectivity index (χ4v) is 3.05. The summed E-state index contributed by atoms with van der Waals surface area (Å²) in [5.74, 6) is 0. The molecule has 37 heavy (non-hydrogen) atoms. The SMILES string of the molecule is O=[N+]([O-])c1cc([N+](=O)[O-])c(N=c2cnccn2-c2c([N+](=O)[O-])cc([N+](=O)[O-])cc2[N+](=O)[O-])c([N+](=O)[O-])c1. The van der Waals surface area contributed by atoms with E-state index in [-0.39, 0.29) is 0 Å². The number of hydrogen-bond acceptors (Lipinski definition) is 14. The summed E-state index contributed by atoms with van der Waals surface area (Å²) in [7, 11) is 0. The van der Waals surface area contributed by atoms with Crippen molar-refractivity contribution in [3.8, 4) is 5.69 Å². The Morgan fingerprint density at radius 3 is 1.41 bits per heavy atom. The second-order valence-corrected chi connectivity index (χ2v) is 6.62. The minimum atomic E-state index is -1.21. The summed E-state index contributed by atoms with van der Waals surface area (Å²) in [4.78, 5) is 69.0. The lowest BCUT2D eigenvalue weighted by Gasteiger charge is -2.09. The maximum atomic E-state index is 11.7. The van der Waals surface area contributed by atoms with E-state index in [9.17, 15) is 60.7 Å². The summed E-state index contributed by atoms with van der Waals surface area (Å²) in [6.45, 7) is 0. The Balaban J connectivity index is 2.52. The highest BCUT2D eigenvalue weighted by molar-refractivity contribution is 5.74. The molecule has 3 rings (SSSR count). The molecule has 0 amide bonds. The molecule has 21 heteroatoms. The van der Waals surface area contributed by atoms with E-state index in [0.29, 0.717) is 28.8 Å². The summed E-state index contributed by atoms with van der Waals surface area (Å²) in [5.41, 5.74) is -9.35. The van der Waals surface area contributed by atoms with Gasteiger partial charge in [-0.15, -0.1) is 0 Å². The Morgan fingerprint density at radius 2 is 1.03 bits per heavy atom. The monoisotopic (exact) mass is 517 g/mol. The molecule has 0 radical (unpaired) electrons. The largest absolute Gasteiger partial charge is 0.308 e. The number of hydrogen-bond donors (Lipinski definition) is 0. The van der Waals surface area contributed by atoms with Crippen LogP contribution in [0.1, 0.15) is 0 Å². The second-order valence-electron chi connectivity index (χ2n) is 6.62. The van der Waals surface area contributed by atoms with E-state index in [1.54, 1.807) is 0 Å². The molecule has 0 spiro atoms. The first-order valence-corrected chi connectivity index (χ1v) is 9.13. The first kappa shape index (κ1) is 25.3. The lowest BCUT2D eigenvalue weighted by Crippen LogP contribution is -2.21. The highest BCUT2D eigenvalue weighted by Gasteiger charge is 2.33. The van der Waals surface area contributed by atoms with Crippen LogP contribution in [0.5, 0.6) is 0 Å². The van der Waals surface area contributed by atoms with Crippen molar-refractivity contribution in [2.45, 2.75) is 0 Å². The molecule has 0 bridgehead atoms. The Labute approximate surface area is 199 Å². The minimum absolute atomic E-state index is 0.378. The van der Waals surface area contributed by atoms with Crippen LogP contribution in [0.4, 0.5) is 39.8 Å². The zero-order chi connectivity index (χ0) is 27.6. The van der Waals surface area contributed by atoms with Gasteiger partial charge in [0.1, 0.15) is 0 Å². The molecule has 0 saturated heterocycles. The summed E-state index contributed by atoms with van der Waals surface area (Å²) in [6.07, 6.45) is 2.58. The molecule has 0 aliphatic carbocycles. The van der Waals surface area contributed by atoms with Gasteiger partial charge < -0.3 is 0 Å². The van der Waals surface area contributed by atoms with Gasteiger partial charge in [-0.25, -0.2) is 4.99 Å². The van der Waals surface area contributed by atoms with Crippen molar-refractivity contribution >= 4 is 39.8 Å². The number of nitrogens with zero attached hydrogens (tertiary/aromatic N) is 9. The van der Waals surface area contributed by atoms with Crippen molar-refractivity contribution in [2.24, 2.45) is 4.99 Å². The van der Waals surface area contributed by atoms with Crippen LogP contribution in [0.3, 0.4) is 0 Å². The molecule has 1 aromatic heterocycles. The summed E-state index contributed by atoms with van der Waals surface area (Å²) < 4.78 is 0.599. The van der Waals surface area contributed by atoms with Crippen molar-refractivity contribution < 1.29 is 29.5 Å². The standard InChI is InChI=1S/C16H7N9O12/c26-20(27)8-3-10(22(30)31)15(11(4-8)23(32)33)18-14-7-17-1-2-19(14)16-12(24(34)35)5-9(21(28)29)6-13(16)25(36)37/h1-7H. The van der Waals surface area contributed by atoms with Crippen LogP contribution >= 0.6 is 0 Å². The maximum absolute atomic E-state index is 11.7. The van der Waals surface area contributed by atoms with E-state index >= 15 is 0 Å². The lowest BCUT2D eigenvalue weighted by molar-refractivity contribution is -0.402. The molecule has 0 aliphatic rings. The molecule has 188 valence electrons. The Kier molecular flexibility index (Phi) is 6.53. The van der Waals surface area contributed by atoms with Crippen LogP contribution in [0.25, 0.3) is 5.69 Å². The third-order valence-corrected chi connectivity index (χ3v) is 4.52. The molecule has 21 nitrogen and oxygen atoms in total. The van der Waals surface area contributed by atoms with Gasteiger partial charge in [-0.05, 0) is 0 Å². The normalized spacial score (nSPS) is 11.1. The second kappa shape index (κ2) is 9.53. The topological polar surface area (TPSA) is 289 Å². The van der Waals surface area contributed by atoms with Crippen LogP contribution in [-0.2, 0) is 0 Å². The molecule has 0 N–H and O–H groups in total. The number of nitro groups is 6. The first-order chi connectivity index (χ1) is 17.3. The fourth-order valence-electron chi connectivity index (χ4n) is 3.05. The van der Waals surface area contributed by atoms with Crippen LogP contribution in [0, 0.1) is 60.7 Å². The zero-order valence-corrected chi connectivity index (χ0v) is 17.5. The third-order valence-electron chi connectivity index (χ3n) is 4.52. The maximum Gasteiger partial charge on any atom is 0.308 e. The van der Waals surface area contributed by atoms with Crippen LogP contribution < -0.4 is 5.49 Å². The van der Waals surface area contributed by atoms with Gasteiger partial charge in [0.15, 0.2) is 5.49 Å². The molecule has 0 fully saturated rings. The van der Waals surface area contributed by atoms with Gasteiger partial charge in [0, 0.05) is 12.4 Å². The van der Waals surface area contributed by atoms with Crippen LogP contribution in [0.2, 0.25) is 0 Å². The van der Waals surface area contributed by atoms with E-state index in [0.717, 1.165) is 18.6 Å². The van der Waals surface area contributed by atoms with Crippen molar-refractivity contribution in [3.63, 3.8) is 0 Å². The molecule has 0 saturated carbocycles. The minimum Gasteiger partial charge on any atom is -0.287 e. The molecule has 3 aromatic rings. The first-order valence-electron chi connectivity index (χ1n) is 9.13. The van der Waals surface area contributed by atoms with Crippen molar-refractivity contribution in [3.05, 3.63) is 109 Å². The fraction of sp³-hybridized carbons (Fsp3) is 0. The van der Waals surface area contributed by atoms with E-state index < -0.39 is 80.5 Å². The summed E-state index contributed by atoms with van der Waals surface area (Å²) in [6, 6.07) is 1.58. The van der Waals surface area contributed by atoms with E-state index in [2.05, 4.69) is 9.98 Å². The number of non-ortho nitro benzene ring substituents is 2. The van der Waals surface area contributed by atoms with Gasteiger partial charge >= 0.3 is 22.7 Å². The van der Waals surface area contributed by atoms with Gasteiger partial charge in [-0.1, -0.05) is 0 Å². The average Bonchev–Trinajstić information content (AvgIpc) is 2.82. The molecule has 2 aromatic carbocycles. The molecular formula is C16H7N9O12. The Hall–Kier alpha value is -6.28. The third kappa shape index (κ3) is 4.84. The predicted octanol–water partition coefficient (Wildman–Crippen LogP) is 2.55. The zero-order valence-electron chi connectivity index (χ0n) is 17.5. The molecule has 1 heterocycles. The number of rotatable bonds is 8. The van der Waals surface area contributed by atoms with E-state index in [1.807, 2.05) is 0 Å². The number of aromatic nitrogens is 2. The van der Waals surface area contributed by atoms with Gasteiger partial charge in [-0.3, -0.25) is 70.2 Å². The average molecular weight is 517 g/mol. The highest BCUT2D eigenvalue weighted by Crippen LogP contribution is 2.40. The van der Waals surface area contributed by atoms with Crippen molar-refractivity contribution in [1.29, 1.82) is 0 Å². The Bertz CT molecular complexity index is 1540. The summed E-state index contributed by atoms with van der Waals surface area (Å²) >= 11 is 0. The highest BCUT2D eigenvalue weighted by atomic mass is 16.6. The van der Waals surface area contributed by atoms with Gasteiger partial charge in [0.25, 0.3) is 11.4 Å². The quantitative estimate of drug-likeness (QED) is 0.307. The molecule has 0 atom stereocenters. The predicted molar refractivity (Wildman–Crippen MR) is 115 cm³/mol. The van der Waals surface area contributed by atoms with Gasteiger partial charge in [0.2, 0.25) is 11.4 Å². The van der Waals surface area contributed by atoms with Crippen LogP contribution in [-0.4, -0.2) is 39.1 Å². The van der Waals surface area contributed by atoms with E-state index in [1.165, 1.54) is 0 Å². The number of nitro benzene ring substituents is 6. The van der Waals surface area contributed by atoms with Crippen LogP contribution in [0.15, 0.2) is 47.8 Å². The van der Waals surface area contributed by atoms with E-state index in [4.69, 9.17) is 0 Å². The smallest absolute Gasteiger partial charge is 0.287 e. The van der Waals surface area contributed by atoms with Crippen molar-refractivity contribution in [1.82, 2.24) is 9.55 Å². The van der Waals surface area contributed by atoms with Gasteiger partial charge in [0.05, 0.1) is 60.0 Å². The number of benzene rings is 2. The lowest BCUT2D eigenvalue weighted by atomic mass is 10.2.